The molecule has 0 aliphatic rings. The van der Waals surface area contributed by atoms with Crippen molar-refractivity contribution in [2.75, 3.05) is 13.2 Å². The van der Waals surface area contributed by atoms with Gasteiger partial charge in [0.1, 0.15) is 13.2 Å². The number of carbonyl (C=O) groups excluding carboxylic acids is 3. The zero-order valence-corrected chi connectivity index (χ0v) is 34.8. The highest BCUT2D eigenvalue weighted by molar-refractivity contribution is 5.71. The minimum absolute atomic E-state index is 0.0885. The van der Waals surface area contributed by atoms with E-state index in [1.165, 1.54) is 96.3 Å². The molecule has 53 heavy (non-hydrogen) atoms. The second-order valence-electron chi connectivity index (χ2n) is 14.6. The number of hydrogen-bond acceptors (Lipinski definition) is 6. The van der Waals surface area contributed by atoms with E-state index in [1.54, 1.807) is 0 Å². The van der Waals surface area contributed by atoms with E-state index in [-0.39, 0.29) is 31.1 Å². The first-order valence-electron chi connectivity index (χ1n) is 22.2. The molecule has 0 aromatic rings. The lowest BCUT2D eigenvalue weighted by molar-refractivity contribution is -0.167. The lowest BCUT2D eigenvalue weighted by atomic mass is 10.1. The summed E-state index contributed by atoms with van der Waals surface area (Å²) in [7, 11) is 0. The van der Waals surface area contributed by atoms with Gasteiger partial charge >= 0.3 is 17.9 Å². The maximum atomic E-state index is 12.7. The average molecular weight is 743 g/mol. The second kappa shape index (κ2) is 42.1. The van der Waals surface area contributed by atoms with Gasteiger partial charge in [0.05, 0.1) is 0 Å². The summed E-state index contributed by atoms with van der Waals surface area (Å²) < 4.78 is 16.6. The van der Waals surface area contributed by atoms with E-state index in [1.807, 2.05) is 0 Å². The lowest BCUT2D eigenvalue weighted by Crippen LogP contribution is -2.30. The van der Waals surface area contributed by atoms with E-state index in [4.69, 9.17) is 14.2 Å². The Kier molecular flexibility index (Phi) is 40.0. The van der Waals surface area contributed by atoms with Gasteiger partial charge in [-0.2, -0.15) is 0 Å². The summed E-state index contributed by atoms with van der Waals surface area (Å²) >= 11 is 0. The third-order valence-electron chi connectivity index (χ3n) is 9.35. The van der Waals surface area contributed by atoms with E-state index < -0.39 is 6.10 Å². The first kappa shape index (κ1) is 50.4. The fraction of sp³-hybridized carbons (Fsp3) is 0.766. The molecule has 0 saturated heterocycles. The summed E-state index contributed by atoms with van der Waals surface area (Å²) in [6.45, 7) is 6.42. The molecule has 0 fully saturated rings. The lowest BCUT2D eigenvalue weighted by Gasteiger charge is -2.18. The number of ether oxygens (including phenoxy) is 3. The molecule has 0 spiro atoms. The van der Waals surface area contributed by atoms with Crippen LogP contribution < -0.4 is 0 Å². The van der Waals surface area contributed by atoms with Crippen molar-refractivity contribution in [1.29, 1.82) is 0 Å². The van der Waals surface area contributed by atoms with Gasteiger partial charge in [0.15, 0.2) is 6.10 Å². The molecule has 0 amide bonds. The minimum atomic E-state index is -0.784. The number of rotatable bonds is 39. The first-order chi connectivity index (χ1) is 26.0. The number of hydrogen-bond donors (Lipinski definition) is 0. The van der Waals surface area contributed by atoms with Crippen molar-refractivity contribution in [2.24, 2.45) is 0 Å². The summed E-state index contributed by atoms with van der Waals surface area (Å²) in [5, 5.41) is 0. The summed E-state index contributed by atoms with van der Waals surface area (Å²) in [6, 6.07) is 0. The third-order valence-corrected chi connectivity index (χ3v) is 9.35. The highest BCUT2D eigenvalue weighted by Gasteiger charge is 2.19. The molecule has 0 bridgehead atoms. The number of carbonyl (C=O) groups is 3. The van der Waals surface area contributed by atoms with Gasteiger partial charge in [-0.05, 0) is 70.6 Å². The molecule has 0 N–H and O–H groups in total. The predicted molar refractivity (Wildman–Crippen MR) is 224 cm³/mol. The molecule has 0 radical (unpaired) electrons. The Bertz CT molecular complexity index is 949. The van der Waals surface area contributed by atoms with Crippen molar-refractivity contribution < 1.29 is 28.6 Å². The van der Waals surface area contributed by atoms with Crippen molar-refractivity contribution >= 4 is 17.9 Å². The molecule has 1 unspecified atom stereocenters. The molecular weight excluding hydrogens is 661 g/mol. The van der Waals surface area contributed by atoms with Crippen molar-refractivity contribution in [3.05, 3.63) is 48.6 Å². The first-order valence-corrected chi connectivity index (χ1v) is 22.2. The quantitative estimate of drug-likeness (QED) is 0.0205. The Morgan fingerprint density at radius 1 is 0.415 bits per heavy atom. The molecule has 0 aliphatic carbocycles. The summed E-state index contributed by atoms with van der Waals surface area (Å²) in [5.41, 5.74) is 0. The highest BCUT2D eigenvalue weighted by atomic mass is 16.6. The zero-order valence-electron chi connectivity index (χ0n) is 34.8. The standard InChI is InChI=1S/C47H82O6/c1-4-7-10-13-16-19-21-22-23-24-26-28-31-34-37-40-46(49)52-43-44(42-51-45(48)39-36-33-30-27-18-15-12-9-6-3)53-47(50)41-38-35-32-29-25-20-17-14-11-8-5-2/h9,12,16,18-19,21-22,27,44H,4-8,10-11,13-15,17,20,23-26,28-43H2,1-3H3/b12-9-,19-16-,22-21-,27-18-. The van der Waals surface area contributed by atoms with E-state index in [0.29, 0.717) is 19.3 Å². The van der Waals surface area contributed by atoms with Crippen LogP contribution in [-0.4, -0.2) is 37.2 Å². The van der Waals surface area contributed by atoms with Crippen LogP contribution in [0.4, 0.5) is 0 Å². The molecular formula is C47H82O6. The summed E-state index contributed by atoms with van der Waals surface area (Å²) in [4.78, 5) is 37.6. The second-order valence-corrected chi connectivity index (χ2v) is 14.6. The predicted octanol–water partition coefficient (Wildman–Crippen LogP) is 14.0. The van der Waals surface area contributed by atoms with Crippen LogP contribution in [0.1, 0.15) is 213 Å². The van der Waals surface area contributed by atoms with Crippen LogP contribution in [0.2, 0.25) is 0 Å². The van der Waals surface area contributed by atoms with Gasteiger partial charge in [-0.1, -0.05) is 172 Å². The van der Waals surface area contributed by atoms with Crippen molar-refractivity contribution in [1.82, 2.24) is 0 Å². The van der Waals surface area contributed by atoms with Gasteiger partial charge in [-0.3, -0.25) is 14.4 Å². The molecule has 0 rings (SSSR count). The van der Waals surface area contributed by atoms with Crippen LogP contribution in [0.25, 0.3) is 0 Å². The van der Waals surface area contributed by atoms with Gasteiger partial charge in [-0.25, -0.2) is 0 Å². The Morgan fingerprint density at radius 3 is 1.32 bits per heavy atom. The average Bonchev–Trinajstić information content (AvgIpc) is 3.15. The Balaban J connectivity index is 4.38. The topological polar surface area (TPSA) is 78.9 Å². The molecule has 0 aliphatic heterocycles. The Labute approximate surface area is 327 Å². The third kappa shape index (κ3) is 40.4. The molecule has 0 aromatic carbocycles. The molecule has 306 valence electrons. The van der Waals surface area contributed by atoms with Gasteiger partial charge in [0.25, 0.3) is 0 Å². The molecule has 6 nitrogen and oxygen atoms in total. The summed E-state index contributed by atoms with van der Waals surface area (Å²) in [6.07, 6.45) is 48.1. The van der Waals surface area contributed by atoms with E-state index in [0.717, 1.165) is 77.0 Å². The maximum Gasteiger partial charge on any atom is 0.306 e. The van der Waals surface area contributed by atoms with E-state index in [9.17, 15) is 14.4 Å². The molecule has 6 heteroatoms. The van der Waals surface area contributed by atoms with Crippen LogP contribution in [0, 0.1) is 0 Å². The van der Waals surface area contributed by atoms with Crippen LogP contribution in [0.15, 0.2) is 48.6 Å². The number of allylic oxidation sites excluding steroid dienone is 8. The van der Waals surface area contributed by atoms with Crippen molar-refractivity contribution in [2.45, 2.75) is 219 Å². The smallest absolute Gasteiger partial charge is 0.306 e. The van der Waals surface area contributed by atoms with Crippen molar-refractivity contribution in [3.63, 3.8) is 0 Å². The van der Waals surface area contributed by atoms with Crippen LogP contribution in [0.3, 0.4) is 0 Å². The fourth-order valence-corrected chi connectivity index (χ4v) is 6.00. The monoisotopic (exact) mass is 743 g/mol. The molecule has 1 atom stereocenters. The summed E-state index contributed by atoms with van der Waals surface area (Å²) in [5.74, 6) is -0.940. The Morgan fingerprint density at radius 2 is 0.792 bits per heavy atom. The molecule has 0 heterocycles. The normalized spacial score (nSPS) is 12.4. The van der Waals surface area contributed by atoms with E-state index >= 15 is 0 Å². The van der Waals surface area contributed by atoms with Gasteiger partial charge < -0.3 is 14.2 Å². The van der Waals surface area contributed by atoms with Crippen LogP contribution in [0.5, 0.6) is 0 Å². The van der Waals surface area contributed by atoms with E-state index in [2.05, 4.69) is 69.4 Å². The highest BCUT2D eigenvalue weighted by Crippen LogP contribution is 2.14. The molecule has 0 saturated carbocycles. The SMILES string of the molecule is CC/C=C\C/C=C\CCCCC(=O)OCC(COC(=O)CCCCCCCC/C=C\C=C/CCCCC)OC(=O)CCCCCCCCCCCCC. The zero-order chi connectivity index (χ0) is 38.7. The number of esters is 3. The van der Waals surface area contributed by atoms with Gasteiger partial charge in [0.2, 0.25) is 0 Å². The van der Waals surface area contributed by atoms with Crippen molar-refractivity contribution in [3.8, 4) is 0 Å². The van der Waals surface area contributed by atoms with Gasteiger partial charge in [-0.15, -0.1) is 0 Å². The Hall–Kier alpha value is -2.63. The minimum Gasteiger partial charge on any atom is -0.462 e. The van der Waals surface area contributed by atoms with Crippen LogP contribution in [-0.2, 0) is 28.6 Å². The van der Waals surface area contributed by atoms with Gasteiger partial charge in [0, 0.05) is 19.3 Å². The maximum absolute atomic E-state index is 12.7. The molecule has 0 aromatic heterocycles. The largest absolute Gasteiger partial charge is 0.462 e. The van der Waals surface area contributed by atoms with Crippen LogP contribution >= 0.6 is 0 Å². The fourth-order valence-electron chi connectivity index (χ4n) is 6.00. The number of unbranched alkanes of at least 4 members (excludes halogenated alkanes) is 21.